The predicted octanol–water partition coefficient (Wildman–Crippen LogP) is 6.85. The quantitative estimate of drug-likeness (QED) is 0.286. The number of nitrogens with zero attached hydrogens (tertiary/aromatic N) is 1. The van der Waals surface area contributed by atoms with Crippen molar-refractivity contribution >= 4 is 33.3 Å². The highest BCUT2D eigenvalue weighted by molar-refractivity contribution is 7.99. The lowest BCUT2D eigenvalue weighted by Gasteiger charge is -2.23. The maximum atomic E-state index is 2.43. The van der Waals surface area contributed by atoms with Crippen LogP contribution >= 0.6 is 11.8 Å². The van der Waals surface area contributed by atoms with Crippen molar-refractivity contribution in [3.8, 4) is 11.3 Å². The Morgan fingerprint density at radius 1 is 0.929 bits per heavy atom. The molecule has 0 N–H and O–H groups in total. The van der Waals surface area contributed by atoms with Crippen LogP contribution in [0.2, 0.25) is 0 Å². The molecular weight excluding hydrogens is 358 g/mol. The number of pyridine rings is 1. The molecule has 0 aliphatic carbocycles. The maximum Gasteiger partial charge on any atom is 0.222 e. The monoisotopic (exact) mass is 384 g/mol. The van der Waals surface area contributed by atoms with Gasteiger partial charge >= 0.3 is 0 Å². The van der Waals surface area contributed by atoms with Crippen LogP contribution < -0.4 is 4.57 Å². The van der Waals surface area contributed by atoms with Crippen molar-refractivity contribution in [3.63, 3.8) is 0 Å². The fourth-order valence-corrected chi connectivity index (χ4v) is 5.91. The Labute approximate surface area is 171 Å². The molecule has 0 saturated carbocycles. The Hall–Kier alpha value is -2.32. The van der Waals surface area contributed by atoms with Gasteiger partial charge in [0.05, 0.1) is 10.9 Å². The molecule has 140 valence electrons. The molecule has 2 heterocycles. The lowest BCUT2D eigenvalue weighted by atomic mass is 9.87. The summed E-state index contributed by atoms with van der Waals surface area (Å²) in [5, 5.41) is 5.44. The van der Waals surface area contributed by atoms with E-state index < -0.39 is 0 Å². The van der Waals surface area contributed by atoms with Crippen molar-refractivity contribution in [1.82, 2.24) is 0 Å². The van der Waals surface area contributed by atoms with Crippen molar-refractivity contribution in [2.24, 2.45) is 12.5 Å². The third kappa shape index (κ3) is 2.74. The fraction of sp³-hybridized carbons (Fsp3) is 0.269. The van der Waals surface area contributed by atoms with E-state index in [4.69, 9.17) is 0 Å². The lowest BCUT2D eigenvalue weighted by Crippen LogP contribution is -2.31. The first-order valence-corrected chi connectivity index (χ1v) is 10.8. The van der Waals surface area contributed by atoms with Crippen LogP contribution in [0.5, 0.6) is 0 Å². The summed E-state index contributed by atoms with van der Waals surface area (Å²) in [5.74, 6) is 0. The van der Waals surface area contributed by atoms with Crippen molar-refractivity contribution in [3.05, 3.63) is 65.9 Å². The van der Waals surface area contributed by atoms with Gasteiger partial charge in [-0.05, 0) is 58.2 Å². The van der Waals surface area contributed by atoms with E-state index >= 15 is 0 Å². The molecule has 0 fully saturated rings. The van der Waals surface area contributed by atoms with E-state index in [1.54, 1.807) is 0 Å². The molecule has 1 aliphatic rings. The Bertz CT molecular complexity index is 1260. The normalized spacial score (nSPS) is 13.2. The SMILES string of the molecule is Cc1c2c(cc3ccccc13)Sc1cc(CC(C)(C)C)cc3cc[n+](C)c-2c13. The van der Waals surface area contributed by atoms with Crippen molar-refractivity contribution in [1.29, 1.82) is 0 Å². The van der Waals surface area contributed by atoms with E-state index in [2.05, 4.69) is 94.0 Å². The van der Waals surface area contributed by atoms with E-state index in [1.165, 1.54) is 53.7 Å². The van der Waals surface area contributed by atoms with Crippen LogP contribution in [0.15, 0.2) is 64.5 Å². The van der Waals surface area contributed by atoms with E-state index in [1.807, 2.05) is 11.8 Å². The van der Waals surface area contributed by atoms with Gasteiger partial charge in [0.25, 0.3) is 0 Å². The molecule has 0 atom stereocenters. The summed E-state index contributed by atoms with van der Waals surface area (Å²) in [6, 6.07) is 18.2. The van der Waals surface area contributed by atoms with Crippen molar-refractivity contribution < 1.29 is 4.57 Å². The summed E-state index contributed by atoms with van der Waals surface area (Å²) < 4.78 is 2.30. The van der Waals surface area contributed by atoms with Gasteiger partial charge in [-0.3, -0.25) is 0 Å². The summed E-state index contributed by atoms with van der Waals surface area (Å²) in [7, 11) is 2.18. The highest BCUT2D eigenvalue weighted by Gasteiger charge is 2.29. The number of hydrogen-bond acceptors (Lipinski definition) is 1. The number of aryl methyl sites for hydroxylation is 2. The van der Waals surface area contributed by atoms with Crippen LogP contribution in [0.25, 0.3) is 32.8 Å². The van der Waals surface area contributed by atoms with Crippen LogP contribution in [0.1, 0.15) is 31.9 Å². The summed E-state index contributed by atoms with van der Waals surface area (Å²) in [6.07, 6.45) is 3.31. The Balaban J connectivity index is 1.85. The standard InChI is InChI=1S/C26H26NS/c1-16-20-9-7-6-8-18(20)14-22-23(16)25-24-19(10-11-27(25)5)12-17(13-21(24)28-22)15-26(2,3)4/h6-14H,15H2,1-5H3/q+1. The number of rotatable bonds is 1. The first kappa shape index (κ1) is 17.8. The fourth-order valence-electron chi connectivity index (χ4n) is 4.61. The molecule has 0 amide bonds. The van der Waals surface area contributed by atoms with Crippen molar-refractivity contribution in [2.45, 2.75) is 43.9 Å². The minimum Gasteiger partial charge on any atom is -0.200 e. The van der Waals surface area contributed by atoms with Gasteiger partial charge in [-0.2, -0.15) is 0 Å². The van der Waals surface area contributed by atoms with Gasteiger partial charge in [-0.1, -0.05) is 62.9 Å². The van der Waals surface area contributed by atoms with Gasteiger partial charge in [0.1, 0.15) is 7.05 Å². The highest BCUT2D eigenvalue weighted by atomic mass is 32.2. The van der Waals surface area contributed by atoms with Gasteiger partial charge in [0, 0.05) is 15.9 Å². The Kier molecular flexibility index (Phi) is 3.86. The minimum absolute atomic E-state index is 0.284. The van der Waals surface area contributed by atoms with Crippen molar-refractivity contribution in [2.75, 3.05) is 0 Å². The molecule has 4 aromatic rings. The molecule has 28 heavy (non-hydrogen) atoms. The first-order chi connectivity index (χ1) is 13.3. The minimum atomic E-state index is 0.284. The second-order valence-electron chi connectivity index (χ2n) is 9.27. The van der Waals surface area contributed by atoms with Crippen LogP contribution in [-0.2, 0) is 13.5 Å². The first-order valence-electron chi connectivity index (χ1n) is 9.98. The molecule has 1 nitrogen and oxygen atoms in total. The zero-order chi connectivity index (χ0) is 19.6. The molecule has 0 radical (unpaired) electrons. The van der Waals surface area contributed by atoms with E-state index in [-0.39, 0.29) is 5.41 Å². The van der Waals surface area contributed by atoms with Gasteiger partial charge in [-0.25, -0.2) is 4.57 Å². The van der Waals surface area contributed by atoms with Gasteiger partial charge in [0.15, 0.2) is 6.20 Å². The van der Waals surface area contributed by atoms with Gasteiger partial charge in [0.2, 0.25) is 5.69 Å². The molecule has 0 unspecified atom stereocenters. The molecule has 2 heteroatoms. The number of hydrogen-bond donors (Lipinski definition) is 0. The third-order valence-electron chi connectivity index (χ3n) is 5.72. The molecule has 0 bridgehead atoms. The number of benzene rings is 3. The maximum absolute atomic E-state index is 2.43. The molecule has 1 aromatic heterocycles. The Morgan fingerprint density at radius 2 is 1.71 bits per heavy atom. The van der Waals surface area contributed by atoms with Crippen LogP contribution in [0.4, 0.5) is 0 Å². The highest BCUT2D eigenvalue weighted by Crippen LogP contribution is 2.49. The molecular formula is C26H26NS+. The molecule has 0 saturated heterocycles. The summed E-state index contributed by atoms with van der Waals surface area (Å²) >= 11 is 1.94. The smallest absolute Gasteiger partial charge is 0.200 e. The van der Waals surface area contributed by atoms with E-state index in [0.29, 0.717) is 0 Å². The van der Waals surface area contributed by atoms with Crippen LogP contribution in [-0.4, -0.2) is 0 Å². The van der Waals surface area contributed by atoms with Gasteiger partial charge in [-0.15, -0.1) is 0 Å². The average molecular weight is 385 g/mol. The Morgan fingerprint density at radius 3 is 2.50 bits per heavy atom. The molecule has 1 aliphatic heterocycles. The van der Waals surface area contributed by atoms with Crippen LogP contribution in [0.3, 0.4) is 0 Å². The number of fused-ring (bicyclic) bond motifs is 3. The van der Waals surface area contributed by atoms with E-state index in [0.717, 1.165) is 6.42 Å². The zero-order valence-electron chi connectivity index (χ0n) is 17.3. The van der Waals surface area contributed by atoms with Gasteiger partial charge < -0.3 is 0 Å². The molecule has 3 aromatic carbocycles. The summed E-state index contributed by atoms with van der Waals surface area (Å²) in [6.45, 7) is 9.23. The van der Waals surface area contributed by atoms with E-state index in [9.17, 15) is 0 Å². The summed E-state index contributed by atoms with van der Waals surface area (Å²) in [5.41, 5.74) is 5.85. The van der Waals surface area contributed by atoms with Crippen LogP contribution in [0, 0.1) is 12.3 Å². The lowest BCUT2D eigenvalue weighted by molar-refractivity contribution is -0.659. The predicted molar refractivity (Wildman–Crippen MR) is 120 cm³/mol. The molecule has 5 rings (SSSR count). The average Bonchev–Trinajstić information content (AvgIpc) is 2.62. The summed E-state index contributed by atoms with van der Waals surface area (Å²) in [4.78, 5) is 2.77. The largest absolute Gasteiger partial charge is 0.222 e. The topological polar surface area (TPSA) is 3.88 Å². The zero-order valence-corrected chi connectivity index (χ0v) is 18.1. The second kappa shape index (κ2) is 6.09. The third-order valence-corrected chi connectivity index (χ3v) is 6.81. The second-order valence-corrected chi connectivity index (χ2v) is 10.4. The molecule has 0 spiro atoms. The number of aromatic nitrogens is 1.